The zero-order chi connectivity index (χ0) is 35.4. The Hall–Kier alpha value is -2.75. The molecule has 2 heterocycles. The van der Waals surface area contributed by atoms with Gasteiger partial charge in [-0.3, -0.25) is 19.2 Å². The molecular formula is C34H44O14. The van der Waals surface area contributed by atoms with Gasteiger partial charge in [-0.2, -0.15) is 0 Å². The lowest BCUT2D eigenvalue weighted by Crippen LogP contribution is -2.78. The monoisotopic (exact) mass is 676 g/mol. The molecule has 0 aromatic heterocycles. The Bertz CT molecular complexity index is 1540. The Kier molecular flexibility index (Phi) is 7.14. The van der Waals surface area contributed by atoms with Crippen molar-refractivity contribution < 1.29 is 68.5 Å². The van der Waals surface area contributed by atoms with Gasteiger partial charge in [-0.25, -0.2) is 4.79 Å². The fraction of sp³-hybridized carbons (Fsp3) is 0.794. The van der Waals surface area contributed by atoms with Crippen molar-refractivity contribution in [2.24, 2.45) is 57.7 Å². The van der Waals surface area contributed by atoms with Crippen LogP contribution >= 0.6 is 0 Å². The topological polar surface area (TPSA) is 227 Å². The maximum absolute atomic E-state index is 14.4. The van der Waals surface area contributed by atoms with Gasteiger partial charge >= 0.3 is 17.9 Å². The molecule has 6 fully saturated rings. The van der Waals surface area contributed by atoms with E-state index < -0.39 is 142 Å². The summed E-state index contributed by atoms with van der Waals surface area (Å²) < 4.78 is 22.9. The minimum Gasteiger partial charge on any atom is -0.459 e. The van der Waals surface area contributed by atoms with Crippen LogP contribution in [-0.2, 0) is 42.9 Å². The summed E-state index contributed by atoms with van der Waals surface area (Å²) in [6.07, 6.45) is -9.54. The fourth-order valence-electron chi connectivity index (χ4n) is 12.3. The molecule has 4 saturated carbocycles. The number of esters is 3. The number of allylic oxidation sites excluding steroid dienone is 1. The normalized spacial score (nSPS) is 55.7. The van der Waals surface area contributed by atoms with Crippen molar-refractivity contribution in [3.8, 4) is 0 Å². The van der Waals surface area contributed by atoms with E-state index in [0.29, 0.717) is 0 Å². The molecule has 5 aliphatic carbocycles. The van der Waals surface area contributed by atoms with E-state index in [2.05, 4.69) is 0 Å². The van der Waals surface area contributed by atoms with E-state index in [-0.39, 0.29) is 12.2 Å². The zero-order valence-electron chi connectivity index (χ0n) is 27.9. The highest BCUT2D eigenvalue weighted by Gasteiger charge is 2.85. The molecule has 14 heteroatoms. The molecule has 7 rings (SSSR count). The lowest BCUT2D eigenvalue weighted by molar-refractivity contribution is -0.291. The highest BCUT2D eigenvalue weighted by molar-refractivity contribution is 5.89. The van der Waals surface area contributed by atoms with Crippen LogP contribution in [0.25, 0.3) is 0 Å². The van der Waals surface area contributed by atoms with Gasteiger partial charge in [0.25, 0.3) is 0 Å². The molecule has 14 nitrogen and oxygen atoms in total. The Morgan fingerprint density at radius 1 is 0.812 bits per heavy atom. The van der Waals surface area contributed by atoms with Crippen molar-refractivity contribution in [2.45, 2.75) is 109 Å². The molecule has 0 spiro atoms. The van der Waals surface area contributed by atoms with E-state index in [4.69, 9.17) is 18.9 Å². The Labute approximate surface area is 276 Å². The minimum atomic E-state index is -2.19. The second-order valence-electron chi connectivity index (χ2n) is 15.7. The first-order valence-corrected chi connectivity index (χ1v) is 16.7. The maximum atomic E-state index is 14.4. The molecule has 0 radical (unpaired) electrons. The smallest absolute Gasteiger partial charge is 0.343 e. The van der Waals surface area contributed by atoms with E-state index >= 15 is 0 Å². The lowest BCUT2D eigenvalue weighted by Gasteiger charge is -2.66. The Morgan fingerprint density at radius 3 is 1.96 bits per heavy atom. The van der Waals surface area contributed by atoms with Crippen LogP contribution in [0.5, 0.6) is 0 Å². The number of carbonyl (C=O) groups excluding carboxylic acids is 5. The molecule has 1 unspecified atom stereocenters. The van der Waals surface area contributed by atoms with Crippen LogP contribution in [-0.4, -0.2) is 109 Å². The van der Waals surface area contributed by atoms with Crippen molar-refractivity contribution in [1.82, 2.24) is 0 Å². The summed E-state index contributed by atoms with van der Waals surface area (Å²) in [6, 6.07) is 0. The minimum absolute atomic E-state index is 0.0868. The van der Waals surface area contributed by atoms with E-state index in [0.717, 1.165) is 13.8 Å². The molecule has 48 heavy (non-hydrogen) atoms. The van der Waals surface area contributed by atoms with Crippen molar-refractivity contribution in [1.29, 1.82) is 0 Å². The number of carbonyl (C=O) groups is 5. The molecule has 0 amide bonds. The molecule has 2 saturated heterocycles. The first-order chi connectivity index (χ1) is 22.2. The lowest BCUT2D eigenvalue weighted by atomic mass is 9.39. The zero-order valence-corrected chi connectivity index (χ0v) is 27.9. The van der Waals surface area contributed by atoms with E-state index in [1.54, 1.807) is 13.0 Å². The number of hydrogen-bond acceptors (Lipinski definition) is 14. The molecule has 7 aliphatic rings. The third kappa shape index (κ3) is 3.61. The highest BCUT2D eigenvalue weighted by atomic mass is 16.6. The van der Waals surface area contributed by atoms with Gasteiger partial charge in [0, 0.05) is 43.4 Å². The summed E-state index contributed by atoms with van der Waals surface area (Å²) >= 11 is 0. The van der Waals surface area contributed by atoms with Gasteiger partial charge in [0.05, 0.1) is 40.7 Å². The van der Waals surface area contributed by atoms with Crippen molar-refractivity contribution in [3.05, 3.63) is 11.8 Å². The number of fused-ring (bicyclic) bond motifs is 10. The van der Waals surface area contributed by atoms with Crippen LogP contribution in [0.1, 0.15) is 54.9 Å². The predicted octanol–water partition coefficient (Wildman–Crippen LogP) is -0.799. The molecule has 19 atom stereocenters. The van der Waals surface area contributed by atoms with Gasteiger partial charge in [0.15, 0.2) is 5.60 Å². The molecule has 0 aromatic carbocycles. The number of ketones is 2. The molecule has 0 bridgehead atoms. The third-order valence-electron chi connectivity index (χ3n) is 14.0. The first-order valence-electron chi connectivity index (χ1n) is 16.7. The maximum Gasteiger partial charge on any atom is 0.343 e. The summed E-state index contributed by atoms with van der Waals surface area (Å²) in [5.74, 6) is -11.9. The van der Waals surface area contributed by atoms with Crippen LogP contribution in [0.4, 0.5) is 0 Å². The first kappa shape index (κ1) is 33.7. The second-order valence-corrected chi connectivity index (χ2v) is 15.7. The van der Waals surface area contributed by atoms with Crippen LogP contribution in [0, 0.1) is 57.7 Å². The average Bonchev–Trinajstić information content (AvgIpc) is 3.67. The van der Waals surface area contributed by atoms with Gasteiger partial charge in [-0.1, -0.05) is 6.92 Å². The highest BCUT2D eigenvalue weighted by Crippen LogP contribution is 2.75. The number of hydrogen-bond donors (Lipinski definition) is 5. The second kappa shape index (κ2) is 10.2. The quantitative estimate of drug-likeness (QED) is 0.140. The largest absolute Gasteiger partial charge is 0.459 e. The van der Waals surface area contributed by atoms with Gasteiger partial charge in [0.1, 0.15) is 41.7 Å². The Balaban J connectivity index is 1.54. The van der Waals surface area contributed by atoms with Crippen LogP contribution < -0.4 is 0 Å². The molecule has 5 N–H and O–H groups in total. The van der Waals surface area contributed by atoms with E-state index in [1.165, 1.54) is 27.7 Å². The SMILES string of the molecule is CC(=O)O[C@@H]1[C@H](O)[C@@H]2C([C@H](OC(C)=O)[C@H](O)[C@]3(C(C)=O)[C@@H]4[C@@H]([C@H](O)[C@@H]23)[C@]2(C)C(=C[C@H]4C)OC(=O)[C@@]2(C)O)[C@]2(C(C)=O)[C@@H]1C[C@@H]1O[C@@H]1[C@@H]2O. The van der Waals surface area contributed by atoms with Gasteiger partial charge < -0.3 is 44.5 Å². The average molecular weight is 677 g/mol. The summed E-state index contributed by atoms with van der Waals surface area (Å²) in [6.45, 7) is 9.18. The number of Topliss-reactive ketones (excluding diaryl/α,β-unsaturated/α-hetero) is 2. The van der Waals surface area contributed by atoms with Gasteiger partial charge in [0.2, 0.25) is 0 Å². The van der Waals surface area contributed by atoms with Crippen molar-refractivity contribution >= 4 is 29.5 Å². The summed E-state index contributed by atoms with van der Waals surface area (Å²) in [5, 5.41) is 61.5. The number of aliphatic hydroxyl groups excluding tert-OH is 4. The number of aliphatic hydroxyl groups is 5. The number of epoxide rings is 1. The van der Waals surface area contributed by atoms with Gasteiger partial charge in [-0.05, 0) is 52.0 Å². The number of ether oxygens (including phenoxy) is 4. The van der Waals surface area contributed by atoms with Crippen molar-refractivity contribution in [2.75, 3.05) is 0 Å². The predicted molar refractivity (Wildman–Crippen MR) is 158 cm³/mol. The van der Waals surface area contributed by atoms with E-state index in [1.807, 2.05) is 0 Å². The van der Waals surface area contributed by atoms with Gasteiger partial charge in [-0.15, -0.1) is 0 Å². The standard InChI is InChI=1S/C34H44O14/c1-10-8-17-31(6,32(7,44)30(43)48-17)22-19(10)34(12(3)36)20(24(22)40)18-21(27(29(34)42)46-14(5)38)33(11(2)35)15(9-16-26(47-16)28(33)41)25(23(18)39)45-13(4)37/h8,10,15-16,18-29,39-42,44H,9H2,1-7H3/t10-,15-,16+,18+,19+,20-,21?,22+,23-,24-,25+,26+,27+,28+,29+,31+,32-,33+,34-/m1/s1. The summed E-state index contributed by atoms with van der Waals surface area (Å²) in [5.41, 5.74) is -7.75. The number of rotatable bonds is 4. The molecule has 0 aromatic rings. The summed E-state index contributed by atoms with van der Waals surface area (Å²) in [4.78, 5) is 67.1. The summed E-state index contributed by atoms with van der Waals surface area (Å²) in [7, 11) is 0. The van der Waals surface area contributed by atoms with Crippen LogP contribution in [0.15, 0.2) is 11.8 Å². The molecule has 2 aliphatic heterocycles. The van der Waals surface area contributed by atoms with E-state index in [9.17, 15) is 49.5 Å². The van der Waals surface area contributed by atoms with Crippen molar-refractivity contribution in [3.63, 3.8) is 0 Å². The van der Waals surface area contributed by atoms with Crippen LogP contribution in [0.3, 0.4) is 0 Å². The fourth-order valence-corrected chi connectivity index (χ4v) is 12.3. The molecule has 264 valence electrons. The Morgan fingerprint density at radius 2 is 1.40 bits per heavy atom. The molecular weight excluding hydrogens is 632 g/mol. The van der Waals surface area contributed by atoms with Crippen LogP contribution in [0.2, 0.25) is 0 Å². The third-order valence-corrected chi connectivity index (χ3v) is 14.0.